The summed E-state index contributed by atoms with van der Waals surface area (Å²) in [6, 6.07) is 21.3. The Kier molecular flexibility index (Phi) is 10.4. The summed E-state index contributed by atoms with van der Waals surface area (Å²) in [5.41, 5.74) is 9.66. The van der Waals surface area contributed by atoms with Gasteiger partial charge in [-0.1, -0.05) is 67.1 Å². The lowest BCUT2D eigenvalue weighted by Crippen LogP contribution is -2.48. The molecule has 8 heteroatoms. The molecule has 1 saturated heterocycles. The molecule has 1 fully saturated rings. The van der Waals surface area contributed by atoms with Gasteiger partial charge in [0.2, 0.25) is 0 Å². The van der Waals surface area contributed by atoms with Crippen LogP contribution in [0.25, 0.3) is 11.1 Å². The van der Waals surface area contributed by atoms with E-state index in [1.54, 1.807) is 0 Å². The first-order valence-corrected chi connectivity index (χ1v) is 14.7. The molecule has 0 aromatic heterocycles. The van der Waals surface area contributed by atoms with Gasteiger partial charge < -0.3 is 25.8 Å². The van der Waals surface area contributed by atoms with Gasteiger partial charge in [0.1, 0.15) is 0 Å². The van der Waals surface area contributed by atoms with Crippen molar-refractivity contribution in [2.24, 2.45) is 11.7 Å². The SMILES string of the molecule is CCc1cccc(-c2c(Cl)cccc2[C@@](O)(CCCNC(=O)OC)C2CCCN(C(=O)c3ccc(CN)cc3)C2)c1. The second-order valence-electron chi connectivity index (χ2n) is 10.7. The van der Waals surface area contributed by atoms with Crippen molar-refractivity contribution in [2.45, 2.75) is 51.2 Å². The number of amides is 2. The Morgan fingerprint density at radius 1 is 1.12 bits per heavy atom. The summed E-state index contributed by atoms with van der Waals surface area (Å²) in [7, 11) is 1.32. The molecular formula is C33H40ClN3O4. The van der Waals surface area contributed by atoms with Crippen LogP contribution in [0.15, 0.2) is 66.7 Å². The van der Waals surface area contributed by atoms with Gasteiger partial charge in [0.25, 0.3) is 5.91 Å². The molecule has 0 bridgehead atoms. The number of methoxy groups -OCH3 is 1. The molecule has 2 amide bonds. The highest BCUT2D eigenvalue weighted by molar-refractivity contribution is 6.33. The Bertz CT molecular complexity index is 1350. The van der Waals surface area contributed by atoms with Crippen LogP contribution in [0.1, 0.15) is 59.7 Å². The quantitative estimate of drug-likeness (QED) is 0.260. The Hall–Kier alpha value is -3.39. The smallest absolute Gasteiger partial charge is 0.406 e. The predicted molar refractivity (Wildman–Crippen MR) is 163 cm³/mol. The number of hydrogen-bond acceptors (Lipinski definition) is 5. The van der Waals surface area contributed by atoms with Crippen molar-refractivity contribution < 1.29 is 19.4 Å². The fourth-order valence-electron chi connectivity index (χ4n) is 5.82. The number of halogens is 1. The number of aryl methyl sites for hydroxylation is 1. The molecule has 1 aliphatic rings. The standard InChI is InChI=1S/C33H40ClN3O4/c1-3-23-8-4-9-26(20-23)30-28(11-5-12-29(30)34)33(40,17-7-18-36-32(39)41-2)27-10-6-19-37(22-27)31(38)25-15-13-24(21-35)14-16-25/h4-5,8-9,11-16,20,27,40H,3,6-7,10,17-19,21-22,35H2,1-2H3,(H,36,39)/t27?,33-/m1/s1. The Balaban J connectivity index is 1.70. The van der Waals surface area contributed by atoms with Crippen molar-refractivity contribution in [3.05, 3.63) is 94.0 Å². The molecular weight excluding hydrogens is 538 g/mol. The van der Waals surface area contributed by atoms with E-state index in [9.17, 15) is 14.7 Å². The Labute approximate surface area is 247 Å². The topological polar surface area (TPSA) is 105 Å². The Morgan fingerprint density at radius 2 is 1.88 bits per heavy atom. The van der Waals surface area contributed by atoms with Gasteiger partial charge in [-0.25, -0.2) is 4.79 Å². The summed E-state index contributed by atoms with van der Waals surface area (Å²) in [6.07, 6.45) is 2.76. The number of benzene rings is 3. The van der Waals surface area contributed by atoms with Gasteiger partial charge in [0.05, 0.1) is 12.7 Å². The first-order valence-electron chi connectivity index (χ1n) is 14.3. The van der Waals surface area contributed by atoms with Gasteiger partial charge in [-0.15, -0.1) is 0 Å². The van der Waals surface area contributed by atoms with E-state index < -0.39 is 11.7 Å². The summed E-state index contributed by atoms with van der Waals surface area (Å²) in [6.45, 7) is 3.89. The number of nitrogens with two attached hydrogens (primary N) is 1. The van der Waals surface area contributed by atoms with Gasteiger partial charge in [0.15, 0.2) is 0 Å². The molecule has 3 aromatic rings. The van der Waals surface area contributed by atoms with Crippen LogP contribution >= 0.6 is 11.6 Å². The van der Waals surface area contributed by atoms with E-state index in [1.165, 1.54) is 12.7 Å². The molecule has 3 aromatic carbocycles. The van der Waals surface area contributed by atoms with Crippen LogP contribution in [0.4, 0.5) is 4.79 Å². The normalized spacial score (nSPS) is 16.6. The van der Waals surface area contributed by atoms with Gasteiger partial charge in [0, 0.05) is 48.2 Å². The van der Waals surface area contributed by atoms with Crippen LogP contribution in [-0.4, -0.2) is 48.8 Å². The van der Waals surface area contributed by atoms with Gasteiger partial charge in [-0.05, 0) is 72.6 Å². The van der Waals surface area contributed by atoms with E-state index in [0.29, 0.717) is 49.6 Å². The second kappa shape index (κ2) is 14.0. The molecule has 0 aliphatic carbocycles. The average molecular weight is 578 g/mol. The lowest BCUT2D eigenvalue weighted by atomic mass is 9.72. The van der Waals surface area contributed by atoms with Gasteiger partial charge in [-0.2, -0.15) is 0 Å². The molecule has 7 nitrogen and oxygen atoms in total. The number of alkyl carbamates (subject to hydrolysis) is 1. The van der Waals surface area contributed by atoms with Crippen LogP contribution in [0.5, 0.6) is 0 Å². The van der Waals surface area contributed by atoms with E-state index in [1.807, 2.05) is 59.5 Å². The fraction of sp³-hybridized carbons (Fsp3) is 0.394. The van der Waals surface area contributed by atoms with Crippen molar-refractivity contribution in [3.8, 4) is 11.1 Å². The maximum absolute atomic E-state index is 13.5. The summed E-state index contributed by atoms with van der Waals surface area (Å²) >= 11 is 6.85. The molecule has 41 heavy (non-hydrogen) atoms. The summed E-state index contributed by atoms with van der Waals surface area (Å²) in [4.78, 5) is 27.0. The molecule has 0 radical (unpaired) electrons. The van der Waals surface area contributed by atoms with Crippen molar-refractivity contribution in [1.82, 2.24) is 10.2 Å². The summed E-state index contributed by atoms with van der Waals surface area (Å²) in [5.74, 6) is -0.303. The molecule has 4 N–H and O–H groups in total. The fourth-order valence-corrected chi connectivity index (χ4v) is 6.11. The average Bonchev–Trinajstić information content (AvgIpc) is 3.02. The maximum Gasteiger partial charge on any atom is 0.406 e. The van der Waals surface area contributed by atoms with Crippen LogP contribution in [0.3, 0.4) is 0 Å². The number of likely N-dealkylation sites (tertiary alicyclic amines) is 1. The van der Waals surface area contributed by atoms with Crippen molar-refractivity contribution in [2.75, 3.05) is 26.7 Å². The van der Waals surface area contributed by atoms with Crippen LogP contribution < -0.4 is 11.1 Å². The molecule has 1 aliphatic heterocycles. The van der Waals surface area contributed by atoms with Gasteiger partial charge in [-0.3, -0.25) is 4.79 Å². The first kappa shape index (κ1) is 30.6. The highest BCUT2D eigenvalue weighted by Gasteiger charge is 2.43. The molecule has 218 valence electrons. The third kappa shape index (κ3) is 7.10. The summed E-state index contributed by atoms with van der Waals surface area (Å²) < 4.78 is 4.71. The lowest BCUT2D eigenvalue weighted by molar-refractivity contribution is -0.0563. The highest BCUT2D eigenvalue weighted by Crippen LogP contribution is 2.45. The first-order chi connectivity index (χ1) is 19.8. The van der Waals surface area contributed by atoms with E-state index in [-0.39, 0.29) is 11.8 Å². The van der Waals surface area contributed by atoms with E-state index in [0.717, 1.165) is 41.5 Å². The Morgan fingerprint density at radius 3 is 2.59 bits per heavy atom. The molecule has 1 unspecified atom stereocenters. The van der Waals surface area contributed by atoms with Crippen molar-refractivity contribution >= 4 is 23.6 Å². The number of nitrogens with one attached hydrogen (secondary N) is 1. The minimum absolute atomic E-state index is 0.0602. The van der Waals surface area contributed by atoms with Crippen molar-refractivity contribution in [3.63, 3.8) is 0 Å². The minimum Gasteiger partial charge on any atom is -0.453 e. The zero-order valence-electron chi connectivity index (χ0n) is 23.9. The van der Waals surface area contributed by atoms with E-state index >= 15 is 0 Å². The number of carbonyl (C=O) groups excluding carboxylic acids is 2. The highest BCUT2D eigenvalue weighted by atomic mass is 35.5. The lowest BCUT2D eigenvalue weighted by Gasteiger charge is -2.44. The van der Waals surface area contributed by atoms with Crippen LogP contribution in [0.2, 0.25) is 5.02 Å². The third-order valence-electron chi connectivity index (χ3n) is 8.11. The second-order valence-corrected chi connectivity index (χ2v) is 11.1. The third-order valence-corrected chi connectivity index (χ3v) is 8.43. The number of piperidine rings is 1. The number of nitrogens with zero attached hydrogens (tertiary/aromatic N) is 1. The zero-order chi connectivity index (χ0) is 29.4. The largest absolute Gasteiger partial charge is 0.453 e. The maximum atomic E-state index is 13.5. The molecule has 2 atom stereocenters. The van der Waals surface area contributed by atoms with Crippen molar-refractivity contribution in [1.29, 1.82) is 0 Å². The predicted octanol–water partition coefficient (Wildman–Crippen LogP) is 5.90. The van der Waals surface area contributed by atoms with E-state index in [4.69, 9.17) is 22.1 Å². The molecule has 1 heterocycles. The number of aliphatic hydroxyl groups is 1. The monoisotopic (exact) mass is 577 g/mol. The zero-order valence-corrected chi connectivity index (χ0v) is 24.6. The van der Waals surface area contributed by atoms with Crippen LogP contribution in [-0.2, 0) is 23.3 Å². The number of hydrogen-bond donors (Lipinski definition) is 3. The van der Waals surface area contributed by atoms with Crippen LogP contribution in [0, 0.1) is 5.92 Å². The number of ether oxygens (including phenoxy) is 1. The van der Waals surface area contributed by atoms with Gasteiger partial charge >= 0.3 is 6.09 Å². The number of carbonyl (C=O) groups is 2. The number of rotatable bonds is 10. The van der Waals surface area contributed by atoms with E-state index in [2.05, 4.69) is 24.4 Å². The minimum atomic E-state index is -1.30. The molecule has 0 spiro atoms. The molecule has 0 saturated carbocycles. The summed E-state index contributed by atoms with van der Waals surface area (Å²) in [5, 5.41) is 16.0. The molecule has 4 rings (SSSR count).